The fourth-order valence-electron chi connectivity index (χ4n) is 6.75. The van der Waals surface area contributed by atoms with Crippen LogP contribution in [0.2, 0.25) is 0 Å². The van der Waals surface area contributed by atoms with Gasteiger partial charge in [-0.2, -0.15) is 8.42 Å². The Kier molecular flexibility index (Phi) is 35.7. The van der Waals surface area contributed by atoms with Crippen molar-refractivity contribution in [1.82, 2.24) is 5.32 Å². The zero-order valence-corrected chi connectivity index (χ0v) is 33.7. The lowest BCUT2D eigenvalue weighted by molar-refractivity contribution is -0.130. The number of carbonyl (C=O) groups excluding carboxylic acids is 1. The van der Waals surface area contributed by atoms with Crippen molar-refractivity contribution in [2.24, 2.45) is 0 Å². The zero-order chi connectivity index (χ0) is 37.0. The molecule has 0 heterocycles. The van der Waals surface area contributed by atoms with E-state index in [1.54, 1.807) is 0 Å². The molecule has 4 N–H and O–H groups in total. The maximum absolute atomic E-state index is 12.6. The molecule has 0 aliphatic carbocycles. The second kappa shape index (κ2) is 36.4. The van der Waals surface area contributed by atoms with E-state index in [2.05, 4.69) is 19.2 Å². The van der Waals surface area contributed by atoms with Crippen LogP contribution < -0.4 is 5.32 Å². The molecule has 298 valence electrons. The molecule has 0 saturated heterocycles. The second-order valence-electron chi connectivity index (χ2n) is 15.1. The third-order valence-corrected chi connectivity index (χ3v) is 10.9. The van der Waals surface area contributed by atoms with E-state index in [9.17, 15) is 28.0 Å². The monoisotopic (exact) mass is 730 g/mol. The predicted molar refractivity (Wildman–Crippen MR) is 213 cm³/mol. The van der Waals surface area contributed by atoms with E-state index >= 15 is 0 Å². The average molecular weight is 730 g/mol. The molecule has 8 heteroatoms. The van der Waals surface area contributed by atoms with Crippen molar-refractivity contribution in [2.75, 3.05) is 5.75 Å². The predicted octanol–water partition coefficient (Wildman–Crippen LogP) is 11.6. The average Bonchev–Trinajstić information content (AvgIpc) is 3.08. The Morgan fingerprint density at radius 3 is 1.20 bits per heavy atom. The highest BCUT2D eigenvalue weighted by molar-refractivity contribution is 7.85. The standard InChI is InChI=1S/C42H83NO6S/c1-3-5-7-9-11-13-15-17-19-21-23-24-26-28-30-32-34-36-40(44)39(38-50(47,48)49)43-42(46)41(45)37-35-33-31-29-27-25-22-20-18-16-14-12-10-8-6-4-2/h34,36,39-41,44-45H,3-33,35,37-38H2,1-2H3,(H,43,46)(H,47,48,49)/b36-34+. The highest BCUT2D eigenvalue weighted by atomic mass is 32.2. The molecule has 0 aliphatic rings. The molecule has 0 aromatic heterocycles. The zero-order valence-electron chi connectivity index (χ0n) is 32.9. The van der Waals surface area contributed by atoms with E-state index in [1.807, 2.05) is 6.08 Å². The molecule has 1 amide bonds. The molecule has 50 heavy (non-hydrogen) atoms. The van der Waals surface area contributed by atoms with Gasteiger partial charge in [-0.15, -0.1) is 0 Å². The fraction of sp³-hybridized carbons (Fsp3) is 0.929. The number of aliphatic hydroxyl groups excluding tert-OH is 2. The number of carbonyl (C=O) groups is 1. The van der Waals surface area contributed by atoms with Crippen molar-refractivity contribution < 1.29 is 28.0 Å². The van der Waals surface area contributed by atoms with Crippen LogP contribution in [0.3, 0.4) is 0 Å². The number of allylic oxidation sites excluding steroid dienone is 1. The molecule has 0 radical (unpaired) electrons. The van der Waals surface area contributed by atoms with Crippen LogP contribution in [0.25, 0.3) is 0 Å². The van der Waals surface area contributed by atoms with E-state index in [0.717, 1.165) is 38.5 Å². The van der Waals surface area contributed by atoms with Gasteiger partial charge in [0.2, 0.25) is 5.91 Å². The van der Waals surface area contributed by atoms with Crippen LogP contribution in [-0.4, -0.2) is 53.1 Å². The molecule has 0 saturated carbocycles. The lowest BCUT2D eigenvalue weighted by Gasteiger charge is -2.22. The SMILES string of the molecule is CCCCCCCCCCCCCCCCC/C=C/C(O)C(CS(=O)(=O)O)NC(=O)C(O)CCCCCCCCCCCCCCCCCC. The van der Waals surface area contributed by atoms with Crippen LogP contribution in [0.15, 0.2) is 12.2 Å². The van der Waals surface area contributed by atoms with E-state index < -0.39 is 40.0 Å². The van der Waals surface area contributed by atoms with Gasteiger partial charge in [0.1, 0.15) is 6.10 Å². The van der Waals surface area contributed by atoms with Crippen LogP contribution >= 0.6 is 0 Å². The topological polar surface area (TPSA) is 124 Å². The number of hydrogen-bond acceptors (Lipinski definition) is 5. The maximum atomic E-state index is 12.6. The van der Waals surface area contributed by atoms with Gasteiger partial charge in [-0.25, -0.2) is 0 Å². The fourth-order valence-corrected chi connectivity index (χ4v) is 7.49. The first-order valence-electron chi connectivity index (χ1n) is 21.5. The Balaban J connectivity index is 3.99. The first-order valence-corrected chi connectivity index (χ1v) is 23.1. The number of unbranched alkanes of at least 4 members (excludes halogenated alkanes) is 30. The Hall–Kier alpha value is -0.960. The summed E-state index contributed by atoms with van der Waals surface area (Å²) in [5.41, 5.74) is 0. The van der Waals surface area contributed by atoms with Crippen molar-refractivity contribution in [3.8, 4) is 0 Å². The number of aliphatic hydroxyl groups is 2. The molecule has 0 aromatic rings. The van der Waals surface area contributed by atoms with Gasteiger partial charge >= 0.3 is 0 Å². The maximum Gasteiger partial charge on any atom is 0.267 e. The van der Waals surface area contributed by atoms with Crippen molar-refractivity contribution in [3.63, 3.8) is 0 Å². The molecule has 0 aliphatic heterocycles. The van der Waals surface area contributed by atoms with E-state index in [0.29, 0.717) is 6.42 Å². The number of amides is 1. The van der Waals surface area contributed by atoms with Gasteiger partial charge in [0.15, 0.2) is 0 Å². The Morgan fingerprint density at radius 1 is 0.540 bits per heavy atom. The van der Waals surface area contributed by atoms with Gasteiger partial charge in [-0.3, -0.25) is 9.35 Å². The smallest absolute Gasteiger partial charge is 0.267 e. The molecule has 0 fully saturated rings. The van der Waals surface area contributed by atoms with Crippen LogP contribution in [0.5, 0.6) is 0 Å². The van der Waals surface area contributed by atoms with Crippen LogP contribution in [0.4, 0.5) is 0 Å². The number of rotatable bonds is 39. The molecule has 0 bridgehead atoms. The summed E-state index contributed by atoms with van der Waals surface area (Å²) >= 11 is 0. The van der Waals surface area contributed by atoms with Gasteiger partial charge in [0.05, 0.1) is 17.9 Å². The molecule has 0 aromatic carbocycles. The minimum absolute atomic E-state index is 0.286. The third-order valence-electron chi connectivity index (χ3n) is 10.1. The van der Waals surface area contributed by atoms with Crippen LogP contribution in [-0.2, 0) is 14.9 Å². The normalized spacial score (nSPS) is 13.9. The van der Waals surface area contributed by atoms with Crippen molar-refractivity contribution in [3.05, 3.63) is 12.2 Å². The summed E-state index contributed by atoms with van der Waals surface area (Å²) in [7, 11) is -4.44. The van der Waals surface area contributed by atoms with Gasteiger partial charge < -0.3 is 15.5 Å². The van der Waals surface area contributed by atoms with E-state index in [1.165, 1.54) is 167 Å². The Bertz CT molecular complexity index is 864. The molecule has 0 spiro atoms. The molecular weight excluding hydrogens is 647 g/mol. The number of hydrogen-bond donors (Lipinski definition) is 4. The van der Waals surface area contributed by atoms with E-state index in [-0.39, 0.29) is 6.42 Å². The summed E-state index contributed by atoms with van der Waals surface area (Å²) in [6, 6.07) is -1.23. The lowest BCUT2D eigenvalue weighted by Crippen LogP contribution is -2.50. The lowest BCUT2D eigenvalue weighted by atomic mass is 10.0. The Labute approximate surface area is 310 Å². The van der Waals surface area contributed by atoms with Crippen molar-refractivity contribution >= 4 is 16.0 Å². The van der Waals surface area contributed by atoms with Gasteiger partial charge in [-0.05, 0) is 19.3 Å². The third kappa shape index (κ3) is 35.4. The minimum Gasteiger partial charge on any atom is -0.387 e. The first-order chi connectivity index (χ1) is 24.2. The van der Waals surface area contributed by atoms with Gasteiger partial charge in [-0.1, -0.05) is 219 Å². The quantitative estimate of drug-likeness (QED) is 0.0284. The molecule has 0 rings (SSSR count). The number of nitrogens with one attached hydrogen (secondary N) is 1. The van der Waals surface area contributed by atoms with Crippen molar-refractivity contribution in [2.45, 2.75) is 244 Å². The largest absolute Gasteiger partial charge is 0.387 e. The van der Waals surface area contributed by atoms with Gasteiger partial charge in [0, 0.05) is 0 Å². The first kappa shape index (κ1) is 49.0. The summed E-state index contributed by atoms with van der Waals surface area (Å²) in [6.45, 7) is 4.52. The van der Waals surface area contributed by atoms with Gasteiger partial charge in [0.25, 0.3) is 10.1 Å². The summed E-state index contributed by atoms with van der Waals surface area (Å²) in [4.78, 5) is 12.6. The summed E-state index contributed by atoms with van der Waals surface area (Å²) in [5, 5.41) is 23.4. The molecule has 3 atom stereocenters. The van der Waals surface area contributed by atoms with Crippen LogP contribution in [0.1, 0.15) is 226 Å². The van der Waals surface area contributed by atoms with Crippen LogP contribution in [0, 0.1) is 0 Å². The summed E-state index contributed by atoms with van der Waals surface area (Å²) in [5.74, 6) is -1.52. The molecular formula is C42H83NO6S. The van der Waals surface area contributed by atoms with Crippen molar-refractivity contribution in [1.29, 1.82) is 0 Å². The summed E-state index contributed by atoms with van der Waals surface area (Å²) in [6.07, 6.45) is 41.2. The molecule has 7 nitrogen and oxygen atoms in total. The summed E-state index contributed by atoms with van der Waals surface area (Å²) < 4.78 is 32.5. The second-order valence-corrected chi connectivity index (χ2v) is 16.6. The molecule has 3 unspecified atom stereocenters. The minimum atomic E-state index is -4.44. The highest BCUT2D eigenvalue weighted by Gasteiger charge is 2.27. The Morgan fingerprint density at radius 2 is 0.860 bits per heavy atom. The van der Waals surface area contributed by atoms with E-state index in [4.69, 9.17) is 0 Å². The highest BCUT2D eigenvalue weighted by Crippen LogP contribution is 2.16.